The van der Waals surface area contributed by atoms with Crippen LogP contribution in [-0.4, -0.2) is 21.5 Å². The largest absolute Gasteiger partial charge is 0.352 e. The summed E-state index contributed by atoms with van der Waals surface area (Å²) in [5.74, 6) is 0.0742. The number of carbonyl (C=O) groups is 1. The predicted molar refractivity (Wildman–Crippen MR) is 86.3 cm³/mol. The zero-order valence-electron chi connectivity index (χ0n) is 12.2. The normalized spacial score (nSPS) is 14.2. The van der Waals surface area contributed by atoms with E-state index in [4.69, 9.17) is 0 Å². The molecule has 4 rings (SSSR count). The van der Waals surface area contributed by atoms with E-state index in [0.29, 0.717) is 12.6 Å². The standard InChI is InChI=1S/C18H17N3O/c22-18(20-15-6-7-15)12-21-9-8-16-17(21)10-14(11-19-16)13-4-2-1-3-5-13/h1-5,8-11,15H,6-7,12H2,(H,20,22). The smallest absolute Gasteiger partial charge is 0.240 e. The molecule has 0 atom stereocenters. The quantitative estimate of drug-likeness (QED) is 0.803. The number of nitrogens with one attached hydrogen (secondary N) is 1. The topological polar surface area (TPSA) is 46.9 Å². The van der Waals surface area contributed by atoms with Crippen LogP contribution in [0, 0.1) is 0 Å². The Balaban J connectivity index is 1.65. The number of carbonyl (C=O) groups excluding carboxylic acids is 1. The third kappa shape index (κ3) is 2.60. The van der Waals surface area contributed by atoms with Gasteiger partial charge in [0.05, 0.1) is 11.0 Å². The van der Waals surface area contributed by atoms with Crippen molar-refractivity contribution in [3.63, 3.8) is 0 Å². The third-order valence-corrected chi connectivity index (χ3v) is 3.98. The molecule has 1 N–H and O–H groups in total. The number of pyridine rings is 1. The highest BCUT2D eigenvalue weighted by atomic mass is 16.2. The lowest BCUT2D eigenvalue weighted by Gasteiger charge is -2.07. The summed E-state index contributed by atoms with van der Waals surface area (Å²) >= 11 is 0. The van der Waals surface area contributed by atoms with Crippen molar-refractivity contribution in [3.05, 3.63) is 54.9 Å². The summed E-state index contributed by atoms with van der Waals surface area (Å²) in [6, 6.07) is 14.6. The summed E-state index contributed by atoms with van der Waals surface area (Å²) in [6.07, 6.45) is 6.03. The second-order valence-corrected chi connectivity index (χ2v) is 5.78. The van der Waals surface area contributed by atoms with Crippen molar-refractivity contribution in [3.8, 4) is 11.1 Å². The summed E-state index contributed by atoms with van der Waals surface area (Å²) in [4.78, 5) is 16.5. The zero-order valence-corrected chi connectivity index (χ0v) is 12.2. The van der Waals surface area contributed by atoms with Crippen LogP contribution in [-0.2, 0) is 11.3 Å². The number of fused-ring (bicyclic) bond motifs is 1. The molecule has 4 heteroatoms. The van der Waals surface area contributed by atoms with E-state index in [9.17, 15) is 4.79 Å². The summed E-state index contributed by atoms with van der Waals surface area (Å²) in [7, 11) is 0. The van der Waals surface area contributed by atoms with Crippen LogP contribution in [0.25, 0.3) is 22.2 Å². The highest BCUT2D eigenvalue weighted by molar-refractivity contribution is 5.84. The molecule has 1 aliphatic rings. The van der Waals surface area contributed by atoms with E-state index in [1.807, 2.05) is 41.2 Å². The van der Waals surface area contributed by atoms with Crippen molar-refractivity contribution in [2.24, 2.45) is 0 Å². The number of hydrogen-bond acceptors (Lipinski definition) is 2. The Hall–Kier alpha value is -2.62. The van der Waals surface area contributed by atoms with Gasteiger partial charge in [-0.15, -0.1) is 0 Å². The Morgan fingerprint density at radius 2 is 2.00 bits per heavy atom. The van der Waals surface area contributed by atoms with Gasteiger partial charge in [-0.3, -0.25) is 9.78 Å². The Morgan fingerprint density at radius 1 is 1.18 bits per heavy atom. The van der Waals surface area contributed by atoms with Gasteiger partial charge in [0.25, 0.3) is 0 Å². The van der Waals surface area contributed by atoms with Gasteiger partial charge >= 0.3 is 0 Å². The minimum atomic E-state index is 0.0742. The highest BCUT2D eigenvalue weighted by Gasteiger charge is 2.23. The summed E-state index contributed by atoms with van der Waals surface area (Å²) in [6.45, 7) is 0.347. The van der Waals surface area contributed by atoms with Gasteiger partial charge in [-0.2, -0.15) is 0 Å². The minimum absolute atomic E-state index is 0.0742. The maximum atomic E-state index is 12.0. The molecule has 110 valence electrons. The van der Waals surface area contributed by atoms with Crippen LogP contribution in [0.2, 0.25) is 0 Å². The van der Waals surface area contributed by atoms with Crippen LogP contribution >= 0.6 is 0 Å². The number of hydrogen-bond donors (Lipinski definition) is 1. The minimum Gasteiger partial charge on any atom is -0.352 e. The van der Waals surface area contributed by atoms with Crippen LogP contribution in [0.3, 0.4) is 0 Å². The van der Waals surface area contributed by atoms with Gasteiger partial charge in [-0.05, 0) is 30.5 Å². The van der Waals surface area contributed by atoms with Gasteiger partial charge < -0.3 is 9.88 Å². The molecule has 1 amide bonds. The molecule has 0 spiro atoms. The monoisotopic (exact) mass is 291 g/mol. The maximum absolute atomic E-state index is 12.0. The molecule has 2 heterocycles. The molecule has 3 aromatic rings. The van der Waals surface area contributed by atoms with E-state index >= 15 is 0 Å². The van der Waals surface area contributed by atoms with Crippen molar-refractivity contribution >= 4 is 16.9 Å². The van der Waals surface area contributed by atoms with Gasteiger partial charge in [0, 0.05) is 24.0 Å². The SMILES string of the molecule is O=C(Cn1ccc2ncc(-c3ccccc3)cc21)NC1CC1. The maximum Gasteiger partial charge on any atom is 0.240 e. The Labute approximate surface area is 128 Å². The van der Waals surface area contributed by atoms with E-state index in [1.165, 1.54) is 0 Å². The summed E-state index contributed by atoms with van der Waals surface area (Å²) in [5.41, 5.74) is 4.11. The molecule has 0 radical (unpaired) electrons. The van der Waals surface area contributed by atoms with Gasteiger partial charge in [0.15, 0.2) is 0 Å². The lowest BCUT2D eigenvalue weighted by molar-refractivity contribution is -0.121. The molecule has 2 aromatic heterocycles. The molecule has 0 unspecified atom stereocenters. The Kier molecular flexibility index (Phi) is 3.15. The van der Waals surface area contributed by atoms with Crippen molar-refractivity contribution in [2.45, 2.75) is 25.4 Å². The van der Waals surface area contributed by atoms with Crippen LogP contribution < -0.4 is 5.32 Å². The van der Waals surface area contributed by atoms with E-state index in [2.05, 4.69) is 28.5 Å². The van der Waals surface area contributed by atoms with Crippen molar-refractivity contribution in [1.29, 1.82) is 0 Å². The Morgan fingerprint density at radius 3 is 2.77 bits per heavy atom. The molecule has 22 heavy (non-hydrogen) atoms. The first kappa shape index (κ1) is 13.1. The lowest BCUT2D eigenvalue weighted by Crippen LogP contribution is -2.29. The molecule has 1 fully saturated rings. The second kappa shape index (κ2) is 5.30. The van der Waals surface area contributed by atoms with Crippen molar-refractivity contribution in [1.82, 2.24) is 14.9 Å². The second-order valence-electron chi connectivity index (χ2n) is 5.78. The van der Waals surface area contributed by atoms with Crippen molar-refractivity contribution < 1.29 is 4.79 Å². The van der Waals surface area contributed by atoms with E-state index in [-0.39, 0.29) is 5.91 Å². The van der Waals surface area contributed by atoms with Crippen molar-refractivity contribution in [2.75, 3.05) is 0 Å². The fraction of sp³-hybridized carbons (Fsp3) is 0.222. The molecule has 0 aliphatic heterocycles. The fourth-order valence-electron chi connectivity index (χ4n) is 2.65. The van der Waals surface area contributed by atoms with Gasteiger partial charge in [-0.1, -0.05) is 30.3 Å². The molecular formula is C18H17N3O. The fourth-order valence-corrected chi connectivity index (χ4v) is 2.65. The Bertz CT molecular complexity index is 819. The average molecular weight is 291 g/mol. The first-order valence-corrected chi connectivity index (χ1v) is 7.59. The predicted octanol–water partition coefficient (Wildman–Crippen LogP) is 2.98. The summed E-state index contributed by atoms with van der Waals surface area (Å²) < 4.78 is 1.96. The van der Waals surface area contributed by atoms with Gasteiger partial charge in [0.2, 0.25) is 5.91 Å². The van der Waals surface area contributed by atoms with Crippen LogP contribution in [0.4, 0.5) is 0 Å². The summed E-state index contributed by atoms with van der Waals surface area (Å²) in [5, 5.41) is 3.02. The van der Waals surface area contributed by atoms with Crippen LogP contribution in [0.1, 0.15) is 12.8 Å². The van der Waals surface area contributed by atoms with E-state index < -0.39 is 0 Å². The number of benzene rings is 1. The number of aromatic nitrogens is 2. The number of nitrogens with zero attached hydrogens (tertiary/aromatic N) is 2. The van der Waals surface area contributed by atoms with Gasteiger partial charge in [-0.25, -0.2) is 0 Å². The van der Waals surface area contributed by atoms with E-state index in [0.717, 1.165) is 35.0 Å². The molecule has 1 saturated carbocycles. The molecule has 1 aliphatic carbocycles. The molecule has 4 nitrogen and oxygen atoms in total. The first-order chi connectivity index (χ1) is 10.8. The van der Waals surface area contributed by atoms with Crippen LogP contribution in [0.15, 0.2) is 54.9 Å². The average Bonchev–Trinajstić information content (AvgIpc) is 3.27. The van der Waals surface area contributed by atoms with Crippen LogP contribution in [0.5, 0.6) is 0 Å². The molecule has 0 bridgehead atoms. The third-order valence-electron chi connectivity index (χ3n) is 3.98. The first-order valence-electron chi connectivity index (χ1n) is 7.59. The lowest BCUT2D eigenvalue weighted by atomic mass is 10.1. The van der Waals surface area contributed by atoms with E-state index in [1.54, 1.807) is 0 Å². The number of amides is 1. The molecule has 0 saturated heterocycles. The molecular weight excluding hydrogens is 274 g/mol. The van der Waals surface area contributed by atoms with Gasteiger partial charge in [0.1, 0.15) is 6.54 Å². The zero-order chi connectivity index (χ0) is 14.9. The highest BCUT2D eigenvalue weighted by Crippen LogP contribution is 2.23. The number of rotatable bonds is 4. The molecule has 1 aromatic carbocycles.